The second kappa shape index (κ2) is 7.34. The molecule has 4 nitrogen and oxygen atoms in total. The van der Waals surface area contributed by atoms with E-state index in [9.17, 15) is 4.79 Å². The molecule has 0 aliphatic heterocycles. The summed E-state index contributed by atoms with van der Waals surface area (Å²) in [6.45, 7) is 3.99. The molecule has 0 aromatic rings. The summed E-state index contributed by atoms with van der Waals surface area (Å²) >= 11 is 0. The molecule has 0 aliphatic rings. The third-order valence-corrected chi connectivity index (χ3v) is 1.46. The number of hydrogen-bond acceptors (Lipinski definition) is 3. The molecule has 12 heavy (non-hydrogen) atoms. The molecular formula is C7H17ClN2O2. The second-order valence-electron chi connectivity index (χ2n) is 2.52. The zero-order valence-corrected chi connectivity index (χ0v) is 8.48. The van der Waals surface area contributed by atoms with Crippen molar-refractivity contribution in [2.45, 2.75) is 26.0 Å². The van der Waals surface area contributed by atoms with Crippen LogP contribution in [0.4, 0.5) is 0 Å². The Morgan fingerprint density at radius 2 is 2.08 bits per heavy atom. The molecule has 0 aromatic heterocycles. The van der Waals surface area contributed by atoms with Crippen LogP contribution in [0.15, 0.2) is 0 Å². The minimum atomic E-state index is -0.399. The molecule has 3 N–H and O–H groups in total. The van der Waals surface area contributed by atoms with Crippen molar-refractivity contribution in [3.8, 4) is 0 Å². The Morgan fingerprint density at radius 3 is 2.42 bits per heavy atom. The summed E-state index contributed by atoms with van der Waals surface area (Å²) in [5.41, 5.74) is 5.31. The number of methoxy groups -OCH3 is 1. The van der Waals surface area contributed by atoms with Gasteiger partial charge >= 0.3 is 0 Å². The van der Waals surface area contributed by atoms with E-state index in [0.29, 0.717) is 6.54 Å². The zero-order valence-electron chi connectivity index (χ0n) is 7.66. The van der Waals surface area contributed by atoms with Crippen LogP contribution < -0.4 is 11.1 Å². The fourth-order valence-electron chi connectivity index (χ4n) is 0.526. The topological polar surface area (TPSA) is 64.3 Å². The highest BCUT2D eigenvalue weighted by Gasteiger charge is 2.12. The van der Waals surface area contributed by atoms with Gasteiger partial charge in [-0.25, -0.2) is 0 Å². The van der Waals surface area contributed by atoms with Gasteiger partial charge in [0.05, 0.1) is 0 Å². The molecule has 0 spiro atoms. The maximum atomic E-state index is 11.1. The quantitative estimate of drug-likeness (QED) is 0.661. The van der Waals surface area contributed by atoms with Crippen LogP contribution >= 0.6 is 12.4 Å². The van der Waals surface area contributed by atoms with Crippen molar-refractivity contribution in [3.05, 3.63) is 0 Å². The maximum Gasteiger partial charge on any atom is 0.249 e. The van der Waals surface area contributed by atoms with Crippen molar-refractivity contribution in [2.24, 2.45) is 5.73 Å². The summed E-state index contributed by atoms with van der Waals surface area (Å²) < 4.78 is 4.80. The van der Waals surface area contributed by atoms with Gasteiger partial charge in [0.2, 0.25) is 5.91 Å². The van der Waals surface area contributed by atoms with E-state index in [2.05, 4.69) is 5.32 Å². The van der Waals surface area contributed by atoms with Gasteiger partial charge in [-0.15, -0.1) is 12.4 Å². The number of nitrogens with one attached hydrogen (secondary N) is 1. The number of halogens is 1. The summed E-state index contributed by atoms with van der Waals surface area (Å²) in [5.74, 6) is -0.120. The van der Waals surface area contributed by atoms with Gasteiger partial charge in [-0.1, -0.05) is 0 Å². The molecular weight excluding hydrogens is 180 g/mol. The fraction of sp³-hybridized carbons (Fsp3) is 0.857. The van der Waals surface area contributed by atoms with Gasteiger partial charge in [0, 0.05) is 19.7 Å². The lowest BCUT2D eigenvalue weighted by Crippen LogP contribution is -2.42. The SMILES string of the molecule is COC(C)C(=O)N[C@@H](C)CN.Cl. The zero-order chi connectivity index (χ0) is 8.85. The van der Waals surface area contributed by atoms with Gasteiger partial charge in [-0.3, -0.25) is 4.79 Å². The van der Waals surface area contributed by atoms with Crippen LogP contribution in [-0.2, 0) is 9.53 Å². The molecule has 2 atom stereocenters. The molecule has 5 heteroatoms. The molecule has 1 amide bonds. The summed E-state index contributed by atoms with van der Waals surface area (Å²) in [7, 11) is 1.50. The maximum absolute atomic E-state index is 11.1. The molecule has 1 unspecified atom stereocenters. The summed E-state index contributed by atoms with van der Waals surface area (Å²) in [4.78, 5) is 11.1. The number of carbonyl (C=O) groups is 1. The average molecular weight is 197 g/mol. The third kappa shape index (κ3) is 5.35. The lowest BCUT2D eigenvalue weighted by molar-refractivity contribution is -0.130. The molecule has 0 aliphatic carbocycles. The van der Waals surface area contributed by atoms with Crippen molar-refractivity contribution in [3.63, 3.8) is 0 Å². The Balaban J connectivity index is 0. The van der Waals surface area contributed by atoms with Crippen molar-refractivity contribution < 1.29 is 9.53 Å². The van der Waals surface area contributed by atoms with E-state index in [1.807, 2.05) is 6.92 Å². The van der Waals surface area contributed by atoms with Gasteiger partial charge in [-0.2, -0.15) is 0 Å². The van der Waals surface area contributed by atoms with Crippen molar-refractivity contribution in [1.82, 2.24) is 5.32 Å². The molecule has 0 radical (unpaired) electrons. The van der Waals surface area contributed by atoms with E-state index < -0.39 is 6.10 Å². The summed E-state index contributed by atoms with van der Waals surface area (Å²) in [6.07, 6.45) is -0.399. The third-order valence-electron chi connectivity index (χ3n) is 1.46. The first-order valence-electron chi connectivity index (χ1n) is 3.65. The number of amides is 1. The normalized spacial score (nSPS) is 14.3. The van der Waals surface area contributed by atoms with E-state index in [4.69, 9.17) is 10.5 Å². The number of nitrogens with two attached hydrogens (primary N) is 1. The second-order valence-corrected chi connectivity index (χ2v) is 2.52. The van der Waals surface area contributed by atoms with Crippen LogP contribution in [0.2, 0.25) is 0 Å². The molecule has 74 valence electrons. The van der Waals surface area contributed by atoms with Gasteiger partial charge in [0.15, 0.2) is 0 Å². The van der Waals surface area contributed by atoms with Crippen LogP contribution in [0.3, 0.4) is 0 Å². The van der Waals surface area contributed by atoms with Crippen LogP contribution in [-0.4, -0.2) is 31.7 Å². The Bertz CT molecular complexity index is 133. The van der Waals surface area contributed by atoms with Gasteiger partial charge in [0.1, 0.15) is 6.10 Å². The van der Waals surface area contributed by atoms with Gasteiger partial charge < -0.3 is 15.8 Å². The van der Waals surface area contributed by atoms with Gasteiger partial charge in [0.25, 0.3) is 0 Å². The van der Waals surface area contributed by atoms with E-state index in [1.54, 1.807) is 6.92 Å². The Kier molecular flexibility index (Phi) is 8.69. The van der Waals surface area contributed by atoms with Crippen molar-refractivity contribution in [2.75, 3.05) is 13.7 Å². The lowest BCUT2D eigenvalue weighted by atomic mass is 10.3. The molecule has 0 aromatic carbocycles. The number of ether oxygens (including phenoxy) is 1. The van der Waals surface area contributed by atoms with Gasteiger partial charge in [-0.05, 0) is 13.8 Å². The minimum Gasteiger partial charge on any atom is -0.372 e. The van der Waals surface area contributed by atoms with E-state index in [1.165, 1.54) is 7.11 Å². The Labute approximate surface area is 79.2 Å². The molecule has 0 heterocycles. The first-order chi connectivity index (χ1) is 5.11. The van der Waals surface area contributed by atoms with E-state index in [-0.39, 0.29) is 24.4 Å². The Hall–Kier alpha value is -0.320. The predicted molar refractivity (Wildman–Crippen MR) is 50.4 cm³/mol. The predicted octanol–water partition coefficient (Wildman–Crippen LogP) is -0.0935. The molecule has 0 saturated heterocycles. The highest BCUT2D eigenvalue weighted by Crippen LogP contribution is 1.88. The van der Waals surface area contributed by atoms with E-state index >= 15 is 0 Å². The molecule has 0 bridgehead atoms. The van der Waals surface area contributed by atoms with Crippen LogP contribution in [0, 0.1) is 0 Å². The molecule has 0 rings (SSSR count). The minimum absolute atomic E-state index is 0. The fourth-order valence-corrected chi connectivity index (χ4v) is 0.526. The first-order valence-corrected chi connectivity index (χ1v) is 3.65. The highest BCUT2D eigenvalue weighted by molar-refractivity contribution is 5.85. The number of rotatable bonds is 4. The number of hydrogen-bond donors (Lipinski definition) is 2. The summed E-state index contributed by atoms with van der Waals surface area (Å²) in [5, 5.41) is 2.69. The molecule has 0 fully saturated rings. The molecule has 0 saturated carbocycles. The highest BCUT2D eigenvalue weighted by atomic mass is 35.5. The lowest BCUT2D eigenvalue weighted by Gasteiger charge is -2.14. The summed E-state index contributed by atoms with van der Waals surface area (Å²) in [6, 6.07) is 0.0140. The van der Waals surface area contributed by atoms with E-state index in [0.717, 1.165) is 0 Å². The average Bonchev–Trinajstić information content (AvgIpc) is 2.02. The van der Waals surface area contributed by atoms with Crippen LogP contribution in [0.1, 0.15) is 13.8 Å². The van der Waals surface area contributed by atoms with Crippen LogP contribution in [0.25, 0.3) is 0 Å². The largest absolute Gasteiger partial charge is 0.372 e. The van der Waals surface area contributed by atoms with Crippen molar-refractivity contribution in [1.29, 1.82) is 0 Å². The smallest absolute Gasteiger partial charge is 0.249 e. The standard InChI is InChI=1S/C7H16N2O2.ClH/c1-5(4-8)9-7(10)6(2)11-3;/h5-6H,4,8H2,1-3H3,(H,9,10);1H/t5-,6?;/m0./s1. The first kappa shape index (κ1) is 14.2. The van der Waals surface area contributed by atoms with Crippen molar-refractivity contribution >= 4 is 18.3 Å². The Morgan fingerprint density at radius 1 is 1.58 bits per heavy atom. The van der Waals surface area contributed by atoms with Crippen LogP contribution in [0.5, 0.6) is 0 Å². The monoisotopic (exact) mass is 196 g/mol. The number of carbonyl (C=O) groups excluding carboxylic acids is 1.